The van der Waals surface area contributed by atoms with E-state index in [1.165, 1.54) is 5.57 Å². The fourth-order valence-electron chi connectivity index (χ4n) is 3.30. The van der Waals surface area contributed by atoms with Crippen LogP contribution in [0.1, 0.15) is 51.6 Å². The zero-order valence-corrected chi connectivity index (χ0v) is 15.0. The first-order valence-corrected chi connectivity index (χ1v) is 8.49. The highest BCUT2D eigenvalue weighted by Gasteiger charge is 2.38. The summed E-state index contributed by atoms with van der Waals surface area (Å²) < 4.78 is 1.80. The lowest BCUT2D eigenvalue weighted by Gasteiger charge is -2.25. The van der Waals surface area contributed by atoms with Crippen LogP contribution in [0.2, 0.25) is 0 Å². The summed E-state index contributed by atoms with van der Waals surface area (Å²) in [5.74, 6) is 0.533. The zero-order chi connectivity index (χ0) is 17.0. The van der Waals surface area contributed by atoms with Gasteiger partial charge in [-0.25, -0.2) is 0 Å². The van der Waals surface area contributed by atoms with Gasteiger partial charge in [-0.05, 0) is 33.6 Å². The molecule has 23 heavy (non-hydrogen) atoms. The topological polar surface area (TPSA) is 50.2 Å². The minimum absolute atomic E-state index is 0.133. The summed E-state index contributed by atoms with van der Waals surface area (Å²) in [6, 6.07) is 0.592. The van der Waals surface area contributed by atoms with E-state index in [1.54, 1.807) is 4.68 Å². The Morgan fingerprint density at radius 3 is 2.83 bits per heavy atom. The van der Waals surface area contributed by atoms with Crippen molar-refractivity contribution in [1.82, 2.24) is 20.0 Å². The van der Waals surface area contributed by atoms with Gasteiger partial charge in [-0.3, -0.25) is 9.48 Å². The predicted molar refractivity (Wildman–Crippen MR) is 93.0 cm³/mol. The van der Waals surface area contributed by atoms with E-state index in [2.05, 4.69) is 37.3 Å². The van der Waals surface area contributed by atoms with E-state index in [9.17, 15) is 4.79 Å². The number of aryl methyl sites for hydroxylation is 1. The van der Waals surface area contributed by atoms with Gasteiger partial charge in [0, 0.05) is 50.8 Å². The minimum atomic E-state index is 0.133. The lowest BCUT2D eigenvalue weighted by Crippen LogP contribution is -2.33. The molecule has 1 fully saturated rings. The summed E-state index contributed by atoms with van der Waals surface area (Å²) in [5.41, 5.74) is 2.50. The number of carbonyl (C=O) groups excluding carboxylic acids is 1. The van der Waals surface area contributed by atoms with Crippen molar-refractivity contribution < 1.29 is 4.79 Å². The molecule has 0 saturated carbocycles. The minimum Gasteiger partial charge on any atom is -0.338 e. The van der Waals surface area contributed by atoms with Crippen LogP contribution in [0.5, 0.6) is 0 Å². The molecule has 0 spiro atoms. The second kappa shape index (κ2) is 7.77. The van der Waals surface area contributed by atoms with Gasteiger partial charge < -0.3 is 10.2 Å². The number of hydrogen-bond donors (Lipinski definition) is 1. The largest absolute Gasteiger partial charge is 0.338 e. The molecular formula is C18H30N4O. The van der Waals surface area contributed by atoms with Gasteiger partial charge in [-0.2, -0.15) is 5.10 Å². The molecule has 0 aromatic carbocycles. The molecule has 1 saturated heterocycles. The number of aromatic nitrogens is 2. The Morgan fingerprint density at radius 1 is 1.48 bits per heavy atom. The first kappa shape index (κ1) is 17.7. The van der Waals surface area contributed by atoms with Crippen molar-refractivity contribution in [2.24, 2.45) is 13.0 Å². The molecule has 128 valence electrons. The maximum Gasteiger partial charge on any atom is 0.223 e. The average Bonchev–Trinajstić information content (AvgIpc) is 3.01. The number of hydrogen-bond acceptors (Lipinski definition) is 3. The maximum absolute atomic E-state index is 12.1. The first-order chi connectivity index (χ1) is 10.9. The van der Waals surface area contributed by atoms with Gasteiger partial charge in [0.25, 0.3) is 0 Å². The average molecular weight is 318 g/mol. The monoisotopic (exact) mass is 318 g/mol. The van der Waals surface area contributed by atoms with Crippen LogP contribution in [0.3, 0.4) is 0 Å². The van der Waals surface area contributed by atoms with Crippen molar-refractivity contribution in [2.75, 3.05) is 13.6 Å². The molecule has 0 bridgehead atoms. The number of nitrogens with one attached hydrogen (secondary N) is 1. The van der Waals surface area contributed by atoms with Gasteiger partial charge in [0.2, 0.25) is 5.91 Å². The quantitative estimate of drug-likeness (QED) is 0.786. The van der Waals surface area contributed by atoms with E-state index < -0.39 is 0 Å². The van der Waals surface area contributed by atoms with Crippen LogP contribution in [0.25, 0.3) is 0 Å². The highest BCUT2D eigenvalue weighted by atomic mass is 16.2. The number of rotatable bonds is 7. The molecule has 2 heterocycles. The van der Waals surface area contributed by atoms with Crippen LogP contribution in [-0.2, 0) is 11.8 Å². The van der Waals surface area contributed by atoms with Crippen LogP contribution in [0.15, 0.2) is 24.0 Å². The van der Waals surface area contributed by atoms with Crippen LogP contribution >= 0.6 is 0 Å². The Balaban J connectivity index is 1.92. The third kappa shape index (κ3) is 4.67. The molecule has 0 radical (unpaired) electrons. The zero-order valence-electron chi connectivity index (χ0n) is 15.0. The van der Waals surface area contributed by atoms with Crippen molar-refractivity contribution in [3.63, 3.8) is 0 Å². The molecule has 0 unspecified atom stereocenters. The summed E-state index contributed by atoms with van der Waals surface area (Å²) in [6.45, 7) is 7.36. The van der Waals surface area contributed by atoms with Crippen molar-refractivity contribution in [3.8, 4) is 0 Å². The van der Waals surface area contributed by atoms with E-state index in [4.69, 9.17) is 0 Å². The molecule has 1 aromatic heterocycles. The molecular weight excluding hydrogens is 288 g/mol. The van der Waals surface area contributed by atoms with E-state index in [0.29, 0.717) is 18.4 Å². The van der Waals surface area contributed by atoms with Crippen molar-refractivity contribution in [3.05, 3.63) is 29.6 Å². The Morgan fingerprint density at radius 2 is 2.22 bits per heavy atom. The summed E-state index contributed by atoms with van der Waals surface area (Å²) in [4.78, 5) is 14.0. The Hall–Kier alpha value is -1.62. The molecule has 1 aliphatic heterocycles. The standard InChI is InChI=1S/C18H30N4O/c1-13(2)7-6-8-14(3)19-10-15-9-17(23)22(5)18(15)16-11-20-21(4)12-16/h7,11-12,14-15,18-19H,6,8-10H2,1-5H3/t14-,15+,18-/m1/s1. The van der Waals surface area contributed by atoms with Crippen LogP contribution in [0.4, 0.5) is 0 Å². The molecule has 5 heteroatoms. The number of nitrogens with zero attached hydrogens (tertiary/aromatic N) is 3. The van der Waals surface area contributed by atoms with E-state index in [-0.39, 0.29) is 11.9 Å². The molecule has 1 amide bonds. The second-order valence-electron chi connectivity index (χ2n) is 7.03. The molecule has 2 rings (SSSR count). The van der Waals surface area contributed by atoms with Gasteiger partial charge in [-0.1, -0.05) is 11.6 Å². The van der Waals surface area contributed by atoms with Crippen molar-refractivity contribution in [1.29, 1.82) is 0 Å². The number of carbonyl (C=O) groups is 1. The molecule has 3 atom stereocenters. The highest BCUT2D eigenvalue weighted by Crippen LogP contribution is 2.36. The molecule has 1 N–H and O–H groups in total. The second-order valence-corrected chi connectivity index (χ2v) is 7.03. The molecule has 1 aromatic rings. The Labute approximate surface area is 139 Å². The first-order valence-electron chi connectivity index (χ1n) is 8.49. The van der Waals surface area contributed by atoms with E-state index in [0.717, 1.165) is 24.9 Å². The maximum atomic E-state index is 12.1. The summed E-state index contributed by atoms with van der Waals surface area (Å²) in [6.07, 6.45) is 9.02. The lowest BCUT2D eigenvalue weighted by molar-refractivity contribution is -0.127. The fourth-order valence-corrected chi connectivity index (χ4v) is 3.30. The van der Waals surface area contributed by atoms with Crippen molar-refractivity contribution >= 4 is 5.91 Å². The Kier molecular flexibility index (Phi) is 5.99. The SMILES string of the molecule is CC(C)=CCC[C@@H](C)NC[C@@H]1CC(=O)N(C)[C@H]1c1cnn(C)c1. The van der Waals surface area contributed by atoms with Gasteiger partial charge in [0.05, 0.1) is 12.2 Å². The Bertz CT molecular complexity index is 559. The lowest BCUT2D eigenvalue weighted by atomic mass is 9.95. The van der Waals surface area contributed by atoms with Gasteiger partial charge in [0.1, 0.15) is 0 Å². The summed E-state index contributed by atoms with van der Waals surface area (Å²) in [7, 11) is 3.82. The third-order valence-electron chi connectivity index (χ3n) is 4.64. The summed E-state index contributed by atoms with van der Waals surface area (Å²) in [5, 5.41) is 7.87. The smallest absolute Gasteiger partial charge is 0.223 e. The molecule has 5 nitrogen and oxygen atoms in total. The van der Waals surface area contributed by atoms with Crippen LogP contribution < -0.4 is 5.32 Å². The van der Waals surface area contributed by atoms with E-state index in [1.807, 2.05) is 31.4 Å². The fraction of sp³-hybridized carbons (Fsp3) is 0.667. The molecule has 1 aliphatic rings. The van der Waals surface area contributed by atoms with Crippen LogP contribution in [-0.4, -0.2) is 40.2 Å². The normalized spacial score (nSPS) is 22.5. The van der Waals surface area contributed by atoms with Crippen LogP contribution in [0, 0.1) is 5.92 Å². The van der Waals surface area contributed by atoms with Gasteiger partial charge in [-0.15, -0.1) is 0 Å². The number of likely N-dealkylation sites (tertiary alicyclic amines) is 1. The molecule has 0 aliphatic carbocycles. The summed E-state index contributed by atoms with van der Waals surface area (Å²) >= 11 is 0. The highest BCUT2D eigenvalue weighted by molar-refractivity contribution is 5.79. The van der Waals surface area contributed by atoms with Gasteiger partial charge >= 0.3 is 0 Å². The third-order valence-corrected chi connectivity index (χ3v) is 4.64. The van der Waals surface area contributed by atoms with Crippen molar-refractivity contribution in [2.45, 2.75) is 52.1 Å². The van der Waals surface area contributed by atoms with Gasteiger partial charge in [0.15, 0.2) is 0 Å². The van der Waals surface area contributed by atoms with E-state index >= 15 is 0 Å². The predicted octanol–water partition coefficient (Wildman–Crippen LogP) is 2.66. The number of allylic oxidation sites excluding steroid dienone is 2. The number of amides is 1.